The van der Waals surface area contributed by atoms with Gasteiger partial charge in [-0.3, -0.25) is 9.69 Å². The standard InChI is InChI=1S/C18H13FN4OS/c1-22(18-20-14-7-2-3-8-16(14)25-18)17(24)15-9-10-23(21-15)13-6-4-5-12(19)11-13/h2-11H,1H3. The van der Waals surface area contributed by atoms with E-state index in [-0.39, 0.29) is 17.4 Å². The van der Waals surface area contributed by atoms with Crippen LogP contribution in [0, 0.1) is 5.82 Å². The van der Waals surface area contributed by atoms with Crippen molar-refractivity contribution in [2.45, 2.75) is 0 Å². The topological polar surface area (TPSA) is 51.0 Å². The molecule has 4 rings (SSSR count). The molecule has 0 bridgehead atoms. The van der Waals surface area contributed by atoms with Crippen molar-refractivity contribution < 1.29 is 9.18 Å². The van der Waals surface area contributed by atoms with Crippen LogP contribution in [-0.4, -0.2) is 27.7 Å². The average molecular weight is 352 g/mol. The molecule has 124 valence electrons. The molecule has 0 fully saturated rings. The molecule has 0 radical (unpaired) electrons. The van der Waals surface area contributed by atoms with E-state index in [1.165, 1.54) is 33.1 Å². The fraction of sp³-hybridized carbons (Fsp3) is 0.0556. The number of amides is 1. The highest BCUT2D eigenvalue weighted by atomic mass is 32.1. The van der Waals surface area contributed by atoms with Crippen molar-refractivity contribution in [1.82, 2.24) is 14.8 Å². The SMILES string of the molecule is CN(C(=O)c1ccn(-c2cccc(F)c2)n1)c1nc2ccccc2s1. The Kier molecular flexibility index (Phi) is 3.77. The van der Waals surface area contributed by atoms with Gasteiger partial charge in [0.25, 0.3) is 5.91 Å². The van der Waals surface area contributed by atoms with Crippen LogP contribution >= 0.6 is 11.3 Å². The highest BCUT2D eigenvalue weighted by molar-refractivity contribution is 7.22. The summed E-state index contributed by atoms with van der Waals surface area (Å²) in [5.41, 5.74) is 1.68. The molecule has 0 aliphatic carbocycles. The van der Waals surface area contributed by atoms with Crippen LogP contribution in [0.5, 0.6) is 0 Å². The maximum absolute atomic E-state index is 13.3. The minimum absolute atomic E-state index is 0.269. The van der Waals surface area contributed by atoms with Crippen molar-refractivity contribution in [2.75, 3.05) is 11.9 Å². The number of aromatic nitrogens is 3. The number of carbonyl (C=O) groups is 1. The molecule has 1 amide bonds. The largest absolute Gasteiger partial charge is 0.286 e. The van der Waals surface area contributed by atoms with Crippen LogP contribution in [0.15, 0.2) is 60.8 Å². The van der Waals surface area contributed by atoms with E-state index in [4.69, 9.17) is 0 Å². The normalized spacial score (nSPS) is 11.0. The quantitative estimate of drug-likeness (QED) is 0.562. The van der Waals surface area contributed by atoms with Crippen LogP contribution < -0.4 is 4.90 Å². The van der Waals surface area contributed by atoms with Gasteiger partial charge in [0.1, 0.15) is 5.82 Å². The smallest absolute Gasteiger partial charge is 0.280 e. The molecule has 2 aromatic carbocycles. The number of para-hydroxylation sites is 1. The lowest BCUT2D eigenvalue weighted by atomic mass is 10.3. The molecular formula is C18H13FN4OS. The van der Waals surface area contributed by atoms with Gasteiger partial charge in [0.15, 0.2) is 10.8 Å². The molecule has 7 heteroatoms. The Balaban J connectivity index is 1.62. The van der Waals surface area contributed by atoms with E-state index in [0.29, 0.717) is 10.8 Å². The summed E-state index contributed by atoms with van der Waals surface area (Å²) >= 11 is 1.44. The van der Waals surface area contributed by atoms with Crippen LogP contribution in [0.1, 0.15) is 10.5 Å². The van der Waals surface area contributed by atoms with E-state index in [1.54, 1.807) is 31.4 Å². The molecule has 2 heterocycles. The lowest BCUT2D eigenvalue weighted by Crippen LogP contribution is -2.26. The molecule has 4 aromatic rings. The van der Waals surface area contributed by atoms with Crippen LogP contribution in [0.25, 0.3) is 15.9 Å². The number of fused-ring (bicyclic) bond motifs is 1. The lowest BCUT2D eigenvalue weighted by Gasteiger charge is -2.11. The van der Waals surface area contributed by atoms with E-state index in [1.807, 2.05) is 24.3 Å². The fourth-order valence-electron chi connectivity index (χ4n) is 2.46. The molecule has 25 heavy (non-hydrogen) atoms. The van der Waals surface area contributed by atoms with Gasteiger partial charge >= 0.3 is 0 Å². The number of rotatable bonds is 3. The Bertz CT molecular complexity index is 1040. The monoisotopic (exact) mass is 352 g/mol. The van der Waals surface area contributed by atoms with Crippen molar-refractivity contribution in [3.63, 3.8) is 0 Å². The summed E-state index contributed by atoms with van der Waals surface area (Å²) in [6.45, 7) is 0. The van der Waals surface area contributed by atoms with E-state index in [2.05, 4.69) is 10.1 Å². The Morgan fingerprint density at radius 2 is 2.00 bits per heavy atom. The number of nitrogens with zero attached hydrogens (tertiary/aromatic N) is 4. The first kappa shape index (κ1) is 15.5. The first-order valence-electron chi connectivity index (χ1n) is 7.57. The molecule has 0 saturated carbocycles. The van der Waals surface area contributed by atoms with Crippen LogP contribution in [0.4, 0.5) is 9.52 Å². The molecule has 0 aliphatic heterocycles. The van der Waals surface area contributed by atoms with E-state index >= 15 is 0 Å². The number of halogens is 1. The van der Waals surface area contributed by atoms with Gasteiger partial charge in [-0.05, 0) is 36.4 Å². The third-order valence-electron chi connectivity index (χ3n) is 3.76. The highest BCUT2D eigenvalue weighted by Crippen LogP contribution is 2.28. The van der Waals surface area contributed by atoms with Gasteiger partial charge in [-0.2, -0.15) is 5.10 Å². The first-order valence-corrected chi connectivity index (χ1v) is 8.39. The number of carbonyl (C=O) groups excluding carboxylic acids is 1. The van der Waals surface area contributed by atoms with E-state index in [9.17, 15) is 9.18 Å². The van der Waals surface area contributed by atoms with Crippen molar-refractivity contribution in [3.8, 4) is 5.69 Å². The summed E-state index contributed by atoms with van der Waals surface area (Å²) < 4.78 is 15.8. The third-order valence-corrected chi connectivity index (χ3v) is 4.87. The minimum Gasteiger partial charge on any atom is -0.286 e. The molecule has 2 aromatic heterocycles. The zero-order valence-corrected chi connectivity index (χ0v) is 14.1. The third kappa shape index (κ3) is 2.89. The van der Waals surface area contributed by atoms with Gasteiger partial charge in [-0.25, -0.2) is 14.1 Å². The van der Waals surface area contributed by atoms with E-state index in [0.717, 1.165) is 10.2 Å². The predicted octanol–water partition coefficient (Wildman–Crippen LogP) is 3.90. The zero-order chi connectivity index (χ0) is 17.4. The Labute approximate surface area is 147 Å². The average Bonchev–Trinajstić information content (AvgIpc) is 3.27. The van der Waals surface area contributed by atoms with Crippen molar-refractivity contribution >= 4 is 32.6 Å². The molecule has 0 aliphatic rings. The van der Waals surface area contributed by atoms with Crippen molar-refractivity contribution in [3.05, 3.63) is 72.3 Å². The molecule has 0 spiro atoms. The van der Waals surface area contributed by atoms with Crippen LogP contribution in [0.2, 0.25) is 0 Å². The van der Waals surface area contributed by atoms with Gasteiger partial charge in [-0.1, -0.05) is 29.5 Å². The van der Waals surface area contributed by atoms with Gasteiger partial charge < -0.3 is 0 Å². The maximum atomic E-state index is 13.3. The summed E-state index contributed by atoms with van der Waals surface area (Å²) in [7, 11) is 1.67. The maximum Gasteiger partial charge on any atom is 0.280 e. The minimum atomic E-state index is -0.354. The molecule has 5 nitrogen and oxygen atoms in total. The first-order chi connectivity index (χ1) is 12.1. The van der Waals surface area contributed by atoms with Gasteiger partial charge in [0.05, 0.1) is 15.9 Å². The summed E-state index contributed by atoms with van der Waals surface area (Å²) in [6, 6.07) is 15.4. The molecule has 0 atom stereocenters. The number of benzene rings is 2. The number of thiazole rings is 1. The molecule has 0 unspecified atom stereocenters. The molecule has 0 N–H and O–H groups in total. The molecular weight excluding hydrogens is 339 g/mol. The number of hydrogen-bond donors (Lipinski definition) is 0. The second kappa shape index (κ2) is 6.10. The van der Waals surface area contributed by atoms with E-state index < -0.39 is 0 Å². The highest BCUT2D eigenvalue weighted by Gasteiger charge is 2.19. The number of hydrogen-bond acceptors (Lipinski definition) is 4. The lowest BCUT2D eigenvalue weighted by molar-refractivity contribution is 0.0988. The van der Waals surface area contributed by atoms with Gasteiger partial charge in [-0.15, -0.1) is 0 Å². The summed E-state index contributed by atoms with van der Waals surface area (Å²) in [5, 5.41) is 4.86. The van der Waals surface area contributed by atoms with Gasteiger partial charge in [0.2, 0.25) is 0 Å². The van der Waals surface area contributed by atoms with Crippen molar-refractivity contribution in [1.29, 1.82) is 0 Å². The zero-order valence-electron chi connectivity index (χ0n) is 13.3. The number of anilines is 1. The van der Waals surface area contributed by atoms with Crippen LogP contribution in [-0.2, 0) is 0 Å². The molecule has 0 saturated heterocycles. The predicted molar refractivity (Wildman–Crippen MR) is 95.9 cm³/mol. The summed E-state index contributed by atoms with van der Waals surface area (Å²) in [6.07, 6.45) is 1.63. The summed E-state index contributed by atoms with van der Waals surface area (Å²) in [4.78, 5) is 18.6. The van der Waals surface area contributed by atoms with Crippen molar-refractivity contribution in [2.24, 2.45) is 0 Å². The summed E-state index contributed by atoms with van der Waals surface area (Å²) in [5.74, 6) is -0.623. The Hall–Kier alpha value is -3.06. The Morgan fingerprint density at radius 1 is 1.16 bits per heavy atom. The Morgan fingerprint density at radius 3 is 2.80 bits per heavy atom. The van der Waals surface area contributed by atoms with Gasteiger partial charge in [0, 0.05) is 13.2 Å². The fourth-order valence-corrected chi connectivity index (χ4v) is 3.39. The second-order valence-electron chi connectivity index (χ2n) is 5.45. The second-order valence-corrected chi connectivity index (χ2v) is 6.46. The van der Waals surface area contributed by atoms with Crippen LogP contribution in [0.3, 0.4) is 0 Å².